The lowest BCUT2D eigenvalue weighted by molar-refractivity contribution is -0.127. The number of urea groups is 1. The number of ether oxygens (including phenoxy) is 1. The molecule has 0 fully saturated rings. The third-order valence-corrected chi connectivity index (χ3v) is 3.72. The summed E-state index contributed by atoms with van der Waals surface area (Å²) in [5.74, 6) is -1.50. The summed E-state index contributed by atoms with van der Waals surface area (Å²) < 4.78 is 6.36. The quantitative estimate of drug-likeness (QED) is 0.755. The number of nitrogens with one attached hydrogen (secondary N) is 2. The van der Waals surface area contributed by atoms with Crippen LogP contribution in [0.25, 0.3) is 10.8 Å². The van der Waals surface area contributed by atoms with E-state index >= 15 is 0 Å². The van der Waals surface area contributed by atoms with Crippen LogP contribution in [0.15, 0.2) is 29.1 Å². The van der Waals surface area contributed by atoms with Crippen molar-refractivity contribution >= 4 is 28.7 Å². The van der Waals surface area contributed by atoms with E-state index in [0.717, 1.165) is 0 Å². The number of hydrogen-bond acceptors (Lipinski definition) is 6. The first-order valence-corrected chi connectivity index (χ1v) is 8.48. The van der Waals surface area contributed by atoms with Gasteiger partial charge in [-0.3, -0.25) is 14.9 Å². The standard InChI is InChI=1S/C18H22N4O5/c1-10(2)9-22-16(24)13-8-6-5-7-12(13)14(21-22)17(25)27-11(3)15(23)20-18(26)19-4/h5-8,10-11H,9H2,1-4H3,(H2,19,20,23,26)/t11-/m0/s1. The van der Waals surface area contributed by atoms with E-state index in [1.165, 1.54) is 18.7 Å². The minimum absolute atomic E-state index is 0.0644. The zero-order valence-electron chi connectivity index (χ0n) is 15.6. The third-order valence-electron chi connectivity index (χ3n) is 3.72. The number of rotatable bonds is 5. The van der Waals surface area contributed by atoms with Gasteiger partial charge in [-0.15, -0.1) is 0 Å². The lowest BCUT2D eigenvalue weighted by Crippen LogP contribution is -2.43. The van der Waals surface area contributed by atoms with Gasteiger partial charge in [-0.1, -0.05) is 32.0 Å². The Morgan fingerprint density at radius 2 is 1.78 bits per heavy atom. The van der Waals surface area contributed by atoms with Gasteiger partial charge in [0, 0.05) is 19.0 Å². The van der Waals surface area contributed by atoms with Gasteiger partial charge in [0.1, 0.15) is 0 Å². The van der Waals surface area contributed by atoms with Crippen LogP contribution in [0.2, 0.25) is 0 Å². The fraction of sp³-hybridized carbons (Fsp3) is 0.389. The van der Waals surface area contributed by atoms with Crippen LogP contribution >= 0.6 is 0 Å². The van der Waals surface area contributed by atoms with Crippen molar-refractivity contribution in [1.82, 2.24) is 20.4 Å². The fourth-order valence-electron chi connectivity index (χ4n) is 2.40. The van der Waals surface area contributed by atoms with Gasteiger partial charge in [0.15, 0.2) is 11.8 Å². The normalized spacial score (nSPS) is 11.9. The van der Waals surface area contributed by atoms with E-state index in [9.17, 15) is 19.2 Å². The van der Waals surface area contributed by atoms with Crippen molar-refractivity contribution in [3.05, 3.63) is 40.3 Å². The molecule has 2 N–H and O–H groups in total. The zero-order chi connectivity index (χ0) is 20.1. The minimum Gasteiger partial charge on any atom is -0.448 e. The van der Waals surface area contributed by atoms with Gasteiger partial charge in [-0.25, -0.2) is 14.3 Å². The Labute approximate surface area is 155 Å². The van der Waals surface area contributed by atoms with E-state index < -0.39 is 24.0 Å². The molecule has 0 unspecified atom stereocenters. The number of amides is 3. The molecule has 0 spiro atoms. The molecule has 27 heavy (non-hydrogen) atoms. The molecule has 0 aliphatic rings. The van der Waals surface area contributed by atoms with Crippen LogP contribution in [0.3, 0.4) is 0 Å². The Kier molecular flexibility index (Phi) is 6.27. The highest BCUT2D eigenvalue weighted by Gasteiger charge is 2.24. The molecular weight excluding hydrogens is 352 g/mol. The van der Waals surface area contributed by atoms with E-state index in [0.29, 0.717) is 17.3 Å². The van der Waals surface area contributed by atoms with Crippen molar-refractivity contribution < 1.29 is 19.1 Å². The molecule has 1 aromatic heterocycles. The van der Waals surface area contributed by atoms with Gasteiger partial charge < -0.3 is 10.1 Å². The number of aromatic nitrogens is 2. The van der Waals surface area contributed by atoms with Gasteiger partial charge >= 0.3 is 12.0 Å². The second-order valence-corrected chi connectivity index (χ2v) is 6.39. The molecule has 2 aromatic rings. The second kappa shape index (κ2) is 8.43. The lowest BCUT2D eigenvalue weighted by Gasteiger charge is -2.15. The monoisotopic (exact) mass is 374 g/mol. The molecule has 0 bridgehead atoms. The molecule has 0 aliphatic heterocycles. The smallest absolute Gasteiger partial charge is 0.360 e. The average Bonchev–Trinajstić information content (AvgIpc) is 2.63. The van der Waals surface area contributed by atoms with Crippen molar-refractivity contribution in [3.63, 3.8) is 0 Å². The Morgan fingerprint density at radius 1 is 1.15 bits per heavy atom. The number of carbonyl (C=O) groups is 3. The number of esters is 1. The van der Waals surface area contributed by atoms with E-state index in [4.69, 9.17) is 4.74 Å². The molecule has 0 aliphatic carbocycles. The predicted molar refractivity (Wildman–Crippen MR) is 98.3 cm³/mol. The van der Waals surface area contributed by atoms with Crippen LogP contribution < -0.4 is 16.2 Å². The molecule has 2 rings (SSSR count). The van der Waals surface area contributed by atoms with Crippen molar-refractivity contribution in [2.45, 2.75) is 33.4 Å². The number of nitrogens with zero attached hydrogens (tertiary/aromatic N) is 2. The molecule has 1 heterocycles. The highest BCUT2D eigenvalue weighted by atomic mass is 16.5. The minimum atomic E-state index is -1.22. The summed E-state index contributed by atoms with van der Waals surface area (Å²) in [4.78, 5) is 48.3. The summed E-state index contributed by atoms with van der Waals surface area (Å²) in [5, 5.41) is 9.08. The number of benzene rings is 1. The Hall–Kier alpha value is -3.23. The molecule has 0 saturated heterocycles. The lowest BCUT2D eigenvalue weighted by atomic mass is 10.1. The van der Waals surface area contributed by atoms with Crippen LogP contribution in [0, 0.1) is 5.92 Å². The van der Waals surface area contributed by atoms with Crippen LogP contribution in [0.1, 0.15) is 31.3 Å². The number of fused-ring (bicyclic) bond motifs is 1. The number of carbonyl (C=O) groups excluding carboxylic acids is 3. The maximum Gasteiger partial charge on any atom is 0.360 e. The molecular formula is C18H22N4O5. The third kappa shape index (κ3) is 4.69. The number of hydrogen-bond donors (Lipinski definition) is 2. The SMILES string of the molecule is CNC(=O)NC(=O)[C@H](C)OC(=O)c1nn(CC(C)C)c(=O)c2ccccc12. The van der Waals surface area contributed by atoms with Gasteiger partial charge in [0.25, 0.3) is 11.5 Å². The highest BCUT2D eigenvalue weighted by Crippen LogP contribution is 2.15. The molecule has 1 aromatic carbocycles. The summed E-state index contributed by atoms with van der Waals surface area (Å²) in [6.45, 7) is 5.51. The highest BCUT2D eigenvalue weighted by molar-refractivity contribution is 6.03. The second-order valence-electron chi connectivity index (χ2n) is 6.39. The van der Waals surface area contributed by atoms with Gasteiger partial charge in [0.2, 0.25) is 0 Å². The summed E-state index contributed by atoms with van der Waals surface area (Å²) in [7, 11) is 1.35. The van der Waals surface area contributed by atoms with Crippen LogP contribution in [-0.2, 0) is 16.1 Å². The van der Waals surface area contributed by atoms with Crippen LogP contribution in [0.5, 0.6) is 0 Å². The van der Waals surface area contributed by atoms with Crippen molar-refractivity contribution in [3.8, 4) is 0 Å². The number of imide groups is 1. The predicted octanol–water partition coefficient (Wildman–Crippen LogP) is 1.05. The maximum atomic E-state index is 12.6. The summed E-state index contributed by atoms with van der Waals surface area (Å²) in [5.41, 5.74) is -0.369. The first kappa shape index (κ1) is 20.1. The summed E-state index contributed by atoms with van der Waals surface area (Å²) >= 11 is 0. The first-order valence-electron chi connectivity index (χ1n) is 8.48. The fourth-order valence-corrected chi connectivity index (χ4v) is 2.40. The topological polar surface area (TPSA) is 119 Å². The zero-order valence-corrected chi connectivity index (χ0v) is 15.6. The Balaban J connectivity index is 2.37. The van der Waals surface area contributed by atoms with Crippen molar-refractivity contribution in [2.75, 3.05) is 7.05 Å². The van der Waals surface area contributed by atoms with E-state index in [-0.39, 0.29) is 17.2 Å². The van der Waals surface area contributed by atoms with Gasteiger partial charge in [-0.2, -0.15) is 5.10 Å². The van der Waals surface area contributed by atoms with Gasteiger partial charge in [-0.05, 0) is 18.9 Å². The Morgan fingerprint density at radius 3 is 2.37 bits per heavy atom. The first-order chi connectivity index (χ1) is 12.7. The molecule has 0 radical (unpaired) electrons. The summed E-state index contributed by atoms with van der Waals surface area (Å²) in [6, 6.07) is 5.86. The average molecular weight is 374 g/mol. The molecule has 9 heteroatoms. The van der Waals surface area contributed by atoms with E-state index in [2.05, 4.69) is 10.4 Å². The molecule has 1 atom stereocenters. The van der Waals surface area contributed by atoms with Crippen molar-refractivity contribution in [2.24, 2.45) is 5.92 Å². The molecule has 3 amide bonds. The van der Waals surface area contributed by atoms with Gasteiger partial charge in [0.05, 0.1) is 5.39 Å². The largest absolute Gasteiger partial charge is 0.448 e. The Bertz CT molecular complexity index is 935. The maximum absolute atomic E-state index is 12.6. The van der Waals surface area contributed by atoms with Crippen LogP contribution in [0.4, 0.5) is 4.79 Å². The molecule has 144 valence electrons. The molecule has 9 nitrogen and oxygen atoms in total. The summed E-state index contributed by atoms with van der Waals surface area (Å²) in [6.07, 6.45) is -1.22. The van der Waals surface area contributed by atoms with E-state index in [1.54, 1.807) is 24.3 Å². The van der Waals surface area contributed by atoms with Crippen molar-refractivity contribution in [1.29, 1.82) is 0 Å². The molecule has 0 saturated carbocycles. The van der Waals surface area contributed by atoms with E-state index in [1.807, 2.05) is 19.2 Å². The van der Waals surface area contributed by atoms with Crippen LogP contribution in [-0.4, -0.2) is 40.8 Å².